The predicted octanol–water partition coefficient (Wildman–Crippen LogP) is 1.20. The molecule has 126 valence electrons. The molecule has 9 heteroatoms. The van der Waals surface area contributed by atoms with Crippen LogP contribution < -0.4 is 10.1 Å². The van der Waals surface area contributed by atoms with E-state index in [4.69, 9.17) is 4.74 Å². The number of carbonyl (C=O) groups excluding carboxylic acids is 4. The number of ether oxygens (including phenoxy) is 3. The van der Waals surface area contributed by atoms with Crippen molar-refractivity contribution in [3.05, 3.63) is 29.8 Å². The summed E-state index contributed by atoms with van der Waals surface area (Å²) >= 11 is 3.44. The summed E-state index contributed by atoms with van der Waals surface area (Å²) < 4.78 is 13.4. The van der Waals surface area contributed by atoms with E-state index in [0.29, 0.717) is 0 Å². The fourth-order valence-corrected chi connectivity index (χ4v) is 1.30. The molecule has 1 amide bonds. The summed E-state index contributed by atoms with van der Waals surface area (Å²) in [5.74, 6) is -1.10. The third-order valence-corrected chi connectivity index (χ3v) is 2.29. The molecule has 1 rings (SSSR count). The Bertz CT molecular complexity index is 574. The highest BCUT2D eigenvalue weighted by molar-refractivity contribution is 7.96. The van der Waals surface area contributed by atoms with E-state index in [2.05, 4.69) is 27.4 Å². The molecule has 0 bridgehead atoms. The molecular formula is C14H17NO7S. The average molecular weight is 343 g/mol. The number of carbonyl (C=O) groups is 4. The summed E-state index contributed by atoms with van der Waals surface area (Å²) in [5, 5.41) is 1.51. The van der Waals surface area contributed by atoms with Crippen LogP contribution in [0.15, 0.2) is 24.3 Å². The maximum atomic E-state index is 11.2. The minimum Gasteiger partial charge on any atom is -0.468 e. The van der Waals surface area contributed by atoms with Crippen LogP contribution >= 0.6 is 12.6 Å². The molecule has 1 aromatic carbocycles. The molecule has 0 heterocycles. The number of para-hydroxylation sites is 1. The maximum absolute atomic E-state index is 11.2. The van der Waals surface area contributed by atoms with Crippen molar-refractivity contribution in [3.63, 3.8) is 0 Å². The van der Waals surface area contributed by atoms with Gasteiger partial charge in [0.25, 0.3) is 0 Å². The van der Waals surface area contributed by atoms with Gasteiger partial charge in [-0.1, -0.05) is 24.8 Å². The second-order valence-corrected chi connectivity index (χ2v) is 4.21. The number of hydrogen-bond donors (Lipinski definition) is 2. The van der Waals surface area contributed by atoms with Crippen LogP contribution in [-0.4, -0.2) is 43.9 Å². The van der Waals surface area contributed by atoms with Crippen molar-refractivity contribution in [1.82, 2.24) is 5.32 Å². The molecule has 0 saturated heterocycles. The van der Waals surface area contributed by atoms with Gasteiger partial charge in [0.15, 0.2) is 0 Å². The van der Waals surface area contributed by atoms with Gasteiger partial charge in [-0.25, -0.2) is 9.59 Å². The molecule has 0 fully saturated rings. The van der Waals surface area contributed by atoms with Gasteiger partial charge in [0, 0.05) is 6.92 Å². The normalized spacial score (nSPS) is 8.87. The number of benzene rings is 1. The van der Waals surface area contributed by atoms with Gasteiger partial charge < -0.3 is 19.5 Å². The molecule has 0 aliphatic rings. The third kappa shape index (κ3) is 9.14. The SMILES string of the molecule is COC(=O)CNC(C)=O.COC(=O)c1ccccc1OC(=O)S. The smallest absolute Gasteiger partial charge is 0.369 e. The van der Waals surface area contributed by atoms with Crippen molar-refractivity contribution in [2.24, 2.45) is 0 Å². The molecular weight excluding hydrogens is 326 g/mol. The van der Waals surface area contributed by atoms with Crippen molar-refractivity contribution < 1.29 is 33.4 Å². The molecule has 0 aliphatic heterocycles. The molecule has 0 aliphatic carbocycles. The van der Waals surface area contributed by atoms with E-state index in [-0.39, 0.29) is 23.8 Å². The topological polar surface area (TPSA) is 108 Å². The Morgan fingerprint density at radius 1 is 1.09 bits per heavy atom. The molecule has 0 aromatic heterocycles. The van der Waals surface area contributed by atoms with E-state index >= 15 is 0 Å². The van der Waals surface area contributed by atoms with Crippen LogP contribution in [0.3, 0.4) is 0 Å². The summed E-state index contributed by atoms with van der Waals surface area (Å²) in [7, 11) is 2.52. The fraction of sp³-hybridized carbons (Fsp3) is 0.286. The molecule has 1 aromatic rings. The molecule has 0 unspecified atom stereocenters. The van der Waals surface area contributed by atoms with Crippen LogP contribution in [0, 0.1) is 0 Å². The highest BCUT2D eigenvalue weighted by Gasteiger charge is 2.13. The zero-order valence-corrected chi connectivity index (χ0v) is 13.7. The Hall–Kier alpha value is -2.55. The van der Waals surface area contributed by atoms with Crippen LogP contribution in [0.5, 0.6) is 5.75 Å². The Kier molecular flexibility index (Phi) is 9.85. The third-order valence-electron chi connectivity index (χ3n) is 2.20. The van der Waals surface area contributed by atoms with Gasteiger partial charge in [0.2, 0.25) is 5.91 Å². The van der Waals surface area contributed by atoms with Crippen LogP contribution in [-0.2, 0) is 19.1 Å². The van der Waals surface area contributed by atoms with Gasteiger partial charge in [-0.05, 0) is 12.1 Å². The van der Waals surface area contributed by atoms with Crippen LogP contribution in [0.4, 0.5) is 4.79 Å². The largest absolute Gasteiger partial charge is 0.468 e. The Balaban J connectivity index is 0.000000468. The minimum absolute atomic E-state index is 0.0498. The summed E-state index contributed by atoms with van der Waals surface area (Å²) in [6.07, 6.45) is 0. The van der Waals surface area contributed by atoms with E-state index in [1.165, 1.54) is 33.3 Å². The van der Waals surface area contributed by atoms with Gasteiger partial charge in [-0.15, -0.1) is 0 Å². The van der Waals surface area contributed by atoms with Crippen LogP contribution in [0.1, 0.15) is 17.3 Å². The lowest BCUT2D eigenvalue weighted by atomic mass is 10.2. The van der Waals surface area contributed by atoms with Gasteiger partial charge >= 0.3 is 17.2 Å². The van der Waals surface area contributed by atoms with Gasteiger partial charge in [0.1, 0.15) is 17.9 Å². The van der Waals surface area contributed by atoms with Crippen LogP contribution in [0.25, 0.3) is 0 Å². The first-order valence-corrected chi connectivity index (χ1v) is 6.65. The lowest BCUT2D eigenvalue weighted by molar-refractivity contribution is -0.140. The maximum Gasteiger partial charge on any atom is 0.369 e. The molecule has 0 atom stereocenters. The van der Waals surface area contributed by atoms with E-state index < -0.39 is 17.2 Å². The second-order valence-electron chi connectivity index (χ2n) is 3.84. The zero-order chi connectivity index (χ0) is 17.8. The Morgan fingerprint density at radius 2 is 1.70 bits per heavy atom. The lowest BCUT2D eigenvalue weighted by Crippen LogP contribution is -2.27. The summed E-state index contributed by atoms with van der Waals surface area (Å²) in [6.45, 7) is 1.29. The Morgan fingerprint density at radius 3 is 2.17 bits per heavy atom. The minimum atomic E-state index is -0.777. The number of thiol groups is 1. The van der Waals surface area contributed by atoms with Crippen molar-refractivity contribution in [3.8, 4) is 5.75 Å². The van der Waals surface area contributed by atoms with Crippen molar-refractivity contribution in [2.45, 2.75) is 6.92 Å². The van der Waals surface area contributed by atoms with Gasteiger partial charge in [-0.2, -0.15) is 0 Å². The zero-order valence-electron chi connectivity index (χ0n) is 12.8. The molecule has 8 nitrogen and oxygen atoms in total. The second kappa shape index (κ2) is 11.1. The standard InChI is InChI=1S/C9H8O4S.C5H9NO3/c1-12-8(10)6-4-2-3-5-7(6)13-9(11)14;1-4(7)6-3-5(8)9-2/h2-5H,1H3,(H,11,14);3H2,1-2H3,(H,6,7). The molecule has 1 N–H and O–H groups in total. The van der Waals surface area contributed by atoms with Crippen molar-refractivity contribution in [1.29, 1.82) is 0 Å². The summed E-state index contributed by atoms with van der Waals surface area (Å²) in [6, 6.07) is 6.26. The fourth-order valence-electron chi connectivity index (χ4n) is 1.20. The summed E-state index contributed by atoms with van der Waals surface area (Å²) in [5.41, 5.74) is 0.192. The highest BCUT2D eigenvalue weighted by atomic mass is 32.1. The van der Waals surface area contributed by atoms with E-state index in [9.17, 15) is 19.2 Å². The van der Waals surface area contributed by atoms with Crippen molar-refractivity contribution >= 4 is 35.8 Å². The number of nitrogens with one attached hydrogen (secondary N) is 1. The van der Waals surface area contributed by atoms with E-state index in [1.807, 2.05) is 0 Å². The van der Waals surface area contributed by atoms with Crippen molar-refractivity contribution in [2.75, 3.05) is 20.8 Å². The van der Waals surface area contributed by atoms with Gasteiger partial charge in [0.05, 0.1) is 14.2 Å². The lowest BCUT2D eigenvalue weighted by Gasteiger charge is -2.05. The molecule has 23 heavy (non-hydrogen) atoms. The number of methoxy groups -OCH3 is 2. The first-order chi connectivity index (χ1) is 10.8. The Labute approximate surface area is 138 Å². The molecule has 0 saturated carbocycles. The molecule has 0 radical (unpaired) electrons. The summed E-state index contributed by atoms with van der Waals surface area (Å²) in [4.78, 5) is 42.2. The quantitative estimate of drug-likeness (QED) is 0.624. The first-order valence-electron chi connectivity index (χ1n) is 6.21. The number of hydrogen-bond acceptors (Lipinski definition) is 7. The monoisotopic (exact) mass is 343 g/mol. The predicted molar refractivity (Wildman–Crippen MR) is 83.5 cm³/mol. The number of esters is 2. The average Bonchev–Trinajstić information content (AvgIpc) is 2.52. The van der Waals surface area contributed by atoms with E-state index in [0.717, 1.165) is 0 Å². The van der Waals surface area contributed by atoms with Gasteiger partial charge in [-0.3, -0.25) is 9.59 Å². The van der Waals surface area contributed by atoms with E-state index in [1.54, 1.807) is 12.1 Å². The molecule has 0 spiro atoms. The number of rotatable bonds is 4. The van der Waals surface area contributed by atoms with Crippen LogP contribution in [0.2, 0.25) is 0 Å². The first kappa shape index (κ1) is 20.5. The number of amides is 1. The highest BCUT2D eigenvalue weighted by Crippen LogP contribution is 2.19.